The maximum atomic E-state index is 12.6. The van der Waals surface area contributed by atoms with Gasteiger partial charge in [0, 0.05) is 32.0 Å². The fourth-order valence-electron chi connectivity index (χ4n) is 2.77. The van der Waals surface area contributed by atoms with Gasteiger partial charge >= 0.3 is 0 Å². The zero-order chi connectivity index (χ0) is 19.4. The van der Waals surface area contributed by atoms with Crippen LogP contribution in [-0.2, 0) is 16.6 Å². The molecular weight excluding hydrogens is 368 g/mol. The van der Waals surface area contributed by atoms with E-state index in [0.29, 0.717) is 36.1 Å². The highest BCUT2D eigenvalue weighted by molar-refractivity contribution is 7.89. The molecule has 0 amide bonds. The molecule has 3 aromatic heterocycles. The number of hydrogen-bond acceptors (Lipinski definition) is 7. The zero-order valence-electron chi connectivity index (χ0n) is 15.4. The molecule has 11 heteroatoms. The van der Waals surface area contributed by atoms with Gasteiger partial charge in [-0.1, -0.05) is 0 Å². The molecule has 0 spiro atoms. The van der Waals surface area contributed by atoms with Crippen LogP contribution in [0.3, 0.4) is 0 Å². The number of sulfonamides is 1. The van der Waals surface area contributed by atoms with E-state index < -0.39 is 10.0 Å². The van der Waals surface area contributed by atoms with Crippen molar-refractivity contribution in [2.45, 2.75) is 32.2 Å². The standard InChI is InChI=1S/C16H22N8O2S/c1-4-23-13(3)16(12(2)22-23)27(25,26)19-10-9-17-14-6-7-15(21-20-14)24-11-5-8-18-24/h5-8,11,19H,4,9-10H2,1-3H3,(H,17,20). The summed E-state index contributed by atoms with van der Waals surface area (Å²) in [5.74, 6) is 1.15. The van der Waals surface area contributed by atoms with Crippen LogP contribution in [0.15, 0.2) is 35.5 Å². The first-order valence-electron chi connectivity index (χ1n) is 8.53. The van der Waals surface area contributed by atoms with Gasteiger partial charge in [0.15, 0.2) is 5.82 Å². The first-order valence-corrected chi connectivity index (χ1v) is 10.0. The first kappa shape index (κ1) is 19.0. The van der Waals surface area contributed by atoms with Crippen LogP contribution in [-0.4, -0.2) is 51.3 Å². The van der Waals surface area contributed by atoms with Gasteiger partial charge in [-0.2, -0.15) is 10.2 Å². The third-order valence-corrected chi connectivity index (χ3v) is 5.71. The second-order valence-electron chi connectivity index (χ2n) is 5.87. The summed E-state index contributed by atoms with van der Waals surface area (Å²) in [6, 6.07) is 5.34. The smallest absolute Gasteiger partial charge is 0.244 e. The van der Waals surface area contributed by atoms with E-state index in [2.05, 4.69) is 30.4 Å². The monoisotopic (exact) mass is 390 g/mol. The number of anilines is 1. The minimum absolute atomic E-state index is 0.209. The van der Waals surface area contributed by atoms with E-state index in [0.717, 1.165) is 0 Å². The molecule has 27 heavy (non-hydrogen) atoms. The maximum Gasteiger partial charge on any atom is 0.244 e. The number of aromatic nitrogens is 6. The summed E-state index contributed by atoms with van der Waals surface area (Å²) in [4.78, 5) is 0.243. The van der Waals surface area contributed by atoms with Crippen molar-refractivity contribution < 1.29 is 8.42 Å². The Balaban J connectivity index is 1.56. The minimum atomic E-state index is -3.62. The lowest BCUT2D eigenvalue weighted by molar-refractivity contribution is 0.580. The summed E-state index contributed by atoms with van der Waals surface area (Å²) in [5.41, 5.74) is 1.13. The van der Waals surface area contributed by atoms with Gasteiger partial charge in [0.05, 0.1) is 11.4 Å². The first-order chi connectivity index (χ1) is 12.9. The molecule has 0 fully saturated rings. The van der Waals surface area contributed by atoms with Crippen LogP contribution < -0.4 is 10.0 Å². The van der Waals surface area contributed by atoms with Crippen LogP contribution in [0.25, 0.3) is 5.82 Å². The van der Waals surface area contributed by atoms with Gasteiger partial charge in [-0.25, -0.2) is 17.8 Å². The minimum Gasteiger partial charge on any atom is -0.367 e. The number of rotatable bonds is 8. The molecule has 3 heterocycles. The molecule has 10 nitrogen and oxygen atoms in total. The number of aryl methyl sites for hydroxylation is 2. The van der Waals surface area contributed by atoms with E-state index in [1.54, 1.807) is 53.8 Å². The lowest BCUT2D eigenvalue weighted by Gasteiger charge is -2.09. The number of nitrogens with one attached hydrogen (secondary N) is 2. The molecule has 3 aromatic rings. The SMILES string of the molecule is CCn1nc(C)c(S(=O)(=O)NCCNc2ccc(-n3cccn3)nn2)c1C. The van der Waals surface area contributed by atoms with Crippen LogP contribution in [0, 0.1) is 13.8 Å². The van der Waals surface area contributed by atoms with Crippen molar-refractivity contribution in [1.82, 2.24) is 34.5 Å². The Labute approximate surface area is 157 Å². The predicted molar refractivity (Wildman–Crippen MR) is 100 cm³/mol. The molecule has 0 bridgehead atoms. The second-order valence-corrected chi connectivity index (χ2v) is 7.57. The Hall–Kier alpha value is -2.79. The molecule has 0 aliphatic heterocycles. The summed E-state index contributed by atoms with van der Waals surface area (Å²) < 4.78 is 31.0. The molecule has 0 aliphatic carbocycles. The summed E-state index contributed by atoms with van der Waals surface area (Å²) in [5, 5.41) is 19.5. The summed E-state index contributed by atoms with van der Waals surface area (Å²) in [6.07, 6.45) is 3.43. The fourth-order valence-corrected chi connectivity index (χ4v) is 4.21. The molecule has 2 N–H and O–H groups in total. The van der Waals surface area contributed by atoms with Gasteiger partial charge in [-0.05, 0) is 39.0 Å². The normalized spacial score (nSPS) is 11.7. The molecule has 0 radical (unpaired) electrons. The Bertz CT molecular complexity index is 994. The highest BCUT2D eigenvalue weighted by Gasteiger charge is 2.23. The van der Waals surface area contributed by atoms with Gasteiger partial charge < -0.3 is 5.32 Å². The number of hydrogen-bond donors (Lipinski definition) is 2. The molecule has 0 aromatic carbocycles. The van der Waals surface area contributed by atoms with Crippen molar-refractivity contribution in [1.29, 1.82) is 0 Å². The second kappa shape index (κ2) is 7.84. The predicted octanol–water partition coefficient (Wildman–Crippen LogP) is 0.886. The topological polar surface area (TPSA) is 120 Å². The summed E-state index contributed by atoms with van der Waals surface area (Å²) >= 11 is 0. The van der Waals surface area contributed by atoms with Crippen molar-refractivity contribution in [3.63, 3.8) is 0 Å². The highest BCUT2D eigenvalue weighted by Crippen LogP contribution is 2.18. The van der Waals surface area contributed by atoms with E-state index in [4.69, 9.17) is 0 Å². The van der Waals surface area contributed by atoms with Gasteiger partial charge in [0.1, 0.15) is 10.7 Å². The molecule has 3 rings (SSSR count). The van der Waals surface area contributed by atoms with Crippen molar-refractivity contribution in [2.75, 3.05) is 18.4 Å². The van der Waals surface area contributed by atoms with E-state index in [1.165, 1.54) is 0 Å². The van der Waals surface area contributed by atoms with E-state index in [9.17, 15) is 8.42 Å². The van der Waals surface area contributed by atoms with Crippen LogP contribution in [0.5, 0.6) is 0 Å². The van der Waals surface area contributed by atoms with Crippen molar-refractivity contribution in [3.8, 4) is 5.82 Å². The Morgan fingerprint density at radius 2 is 1.96 bits per heavy atom. The maximum absolute atomic E-state index is 12.6. The third-order valence-electron chi connectivity index (χ3n) is 4.00. The quantitative estimate of drug-likeness (QED) is 0.548. The lowest BCUT2D eigenvalue weighted by Crippen LogP contribution is -2.29. The zero-order valence-corrected chi connectivity index (χ0v) is 16.2. The highest BCUT2D eigenvalue weighted by atomic mass is 32.2. The average Bonchev–Trinajstić information content (AvgIpc) is 3.27. The molecule has 0 saturated heterocycles. The molecule has 0 saturated carbocycles. The van der Waals surface area contributed by atoms with Gasteiger partial charge in [-0.15, -0.1) is 10.2 Å². The Morgan fingerprint density at radius 1 is 1.15 bits per heavy atom. The van der Waals surface area contributed by atoms with Gasteiger partial charge in [0.2, 0.25) is 10.0 Å². The van der Waals surface area contributed by atoms with Crippen molar-refractivity contribution in [2.24, 2.45) is 0 Å². The fraction of sp³-hybridized carbons (Fsp3) is 0.375. The van der Waals surface area contributed by atoms with E-state index in [1.807, 2.05) is 6.92 Å². The van der Waals surface area contributed by atoms with E-state index in [-0.39, 0.29) is 11.4 Å². The van der Waals surface area contributed by atoms with Gasteiger partial charge in [-0.3, -0.25) is 4.68 Å². The molecular formula is C16H22N8O2S. The van der Waals surface area contributed by atoms with E-state index >= 15 is 0 Å². The van der Waals surface area contributed by atoms with Crippen LogP contribution in [0.1, 0.15) is 18.3 Å². The largest absolute Gasteiger partial charge is 0.367 e. The Morgan fingerprint density at radius 3 is 2.56 bits per heavy atom. The van der Waals surface area contributed by atoms with Gasteiger partial charge in [0.25, 0.3) is 0 Å². The summed E-state index contributed by atoms with van der Waals surface area (Å²) in [6.45, 7) is 6.58. The Kier molecular flexibility index (Phi) is 5.51. The molecule has 0 unspecified atom stereocenters. The van der Waals surface area contributed by atoms with Crippen molar-refractivity contribution in [3.05, 3.63) is 42.0 Å². The lowest BCUT2D eigenvalue weighted by atomic mass is 10.4. The third kappa shape index (κ3) is 4.14. The summed E-state index contributed by atoms with van der Waals surface area (Å²) in [7, 11) is -3.62. The average molecular weight is 390 g/mol. The molecule has 144 valence electrons. The van der Waals surface area contributed by atoms with Crippen LogP contribution in [0.4, 0.5) is 5.82 Å². The van der Waals surface area contributed by atoms with Crippen molar-refractivity contribution >= 4 is 15.8 Å². The number of nitrogens with zero attached hydrogens (tertiary/aromatic N) is 6. The molecule has 0 atom stereocenters. The van der Waals surface area contributed by atoms with Crippen LogP contribution in [0.2, 0.25) is 0 Å². The molecule has 0 aliphatic rings. The van der Waals surface area contributed by atoms with Crippen LogP contribution >= 0.6 is 0 Å².